The van der Waals surface area contributed by atoms with Gasteiger partial charge in [0.05, 0.1) is 0 Å². The van der Waals surface area contributed by atoms with Crippen LogP contribution in [0.25, 0.3) is 6.08 Å². The molecule has 0 fully saturated rings. The Labute approximate surface area is 110 Å². The summed E-state index contributed by atoms with van der Waals surface area (Å²) < 4.78 is 5.22. The van der Waals surface area contributed by atoms with Gasteiger partial charge in [0.15, 0.2) is 5.76 Å². The third-order valence-corrected chi connectivity index (χ3v) is 2.61. The van der Waals surface area contributed by atoms with E-state index in [1.165, 1.54) is 6.08 Å². The number of amides is 1. The van der Waals surface area contributed by atoms with Crippen molar-refractivity contribution in [3.8, 4) is 0 Å². The van der Waals surface area contributed by atoms with E-state index in [-0.39, 0.29) is 5.78 Å². The Balaban J connectivity index is 2.10. The third-order valence-electron chi connectivity index (χ3n) is 2.61. The molecule has 1 amide bonds. The fraction of sp³-hybridized carbons (Fsp3) is 0.0667. The Morgan fingerprint density at radius 1 is 1.11 bits per heavy atom. The minimum atomic E-state index is -0.474. The molecule has 1 aromatic heterocycles. The first-order chi connectivity index (χ1) is 9.06. The van der Waals surface area contributed by atoms with Gasteiger partial charge in [0, 0.05) is 5.56 Å². The van der Waals surface area contributed by atoms with Crippen molar-refractivity contribution >= 4 is 17.8 Å². The molecule has 2 rings (SSSR count). The molecule has 4 heteroatoms. The van der Waals surface area contributed by atoms with Gasteiger partial charge in [-0.05, 0) is 42.8 Å². The average molecular weight is 255 g/mol. The highest BCUT2D eigenvalue weighted by Gasteiger charge is 2.05. The first kappa shape index (κ1) is 12.8. The number of hydrogen-bond donors (Lipinski definition) is 1. The van der Waals surface area contributed by atoms with Crippen molar-refractivity contribution in [2.24, 2.45) is 5.73 Å². The summed E-state index contributed by atoms with van der Waals surface area (Å²) in [5, 5.41) is 0. The van der Waals surface area contributed by atoms with Crippen molar-refractivity contribution in [1.29, 1.82) is 0 Å². The van der Waals surface area contributed by atoms with Crippen LogP contribution in [-0.2, 0) is 0 Å². The molecule has 0 aliphatic carbocycles. The van der Waals surface area contributed by atoms with E-state index in [9.17, 15) is 9.59 Å². The monoisotopic (exact) mass is 255 g/mol. The summed E-state index contributed by atoms with van der Waals surface area (Å²) in [6, 6.07) is 10.0. The molecule has 0 unspecified atom stereocenters. The van der Waals surface area contributed by atoms with Crippen LogP contribution < -0.4 is 5.73 Å². The van der Waals surface area contributed by atoms with Crippen LogP contribution in [0.4, 0.5) is 0 Å². The molecule has 0 saturated carbocycles. The van der Waals surface area contributed by atoms with Gasteiger partial charge in [0.1, 0.15) is 5.76 Å². The van der Waals surface area contributed by atoms with Crippen molar-refractivity contribution in [1.82, 2.24) is 0 Å². The summed E-state index contributed by atoms with van der Waals surface area (Å²) in [4.78, 5) is 22.7. The molecule has 2 aromatic rings. The molecule has 0 aliphatic rings. The van der Waals surface area contributed by atoms with Gasteiger partial charge in [0.2, 0.25) is 11.7 Å². The molecular weight excluding hydrogens is 242 g/mol. The lowest BCUT2D eigenvalue weighted by molar-refractivity contribution is 0.0997. The Kier molecular flexibility index (Phi) is 3.61. The maximum absolute atomic E-state index is 11.8. The van der Waals surface area contributed by atoms with Gasteiger partial charge in [-0.1, -0.05) is 18.2 Å². The number of furan rings is 1. The normalized spacial score (nSPS) is 10.8. The maximum atomic E-state index is 11.8. The van der Waals surface area contributed by atoms with Crippen LogP contribution in [0, 0.1) is 6.92 Å². The number of hydrogen-bond acceptors (Lipinski definition) is 3. The molecule has 0 spiro atoms. The van der Waals surface area contributed by atoms with E-state index in [2.05, 4.69) is 0 Å². The number of nitrogens with two attached hydrogens (primary N) is 1. The summed E-state index contributed by atoms with van der Waals surface area (Å²) in [7, 11) is 0. The molecule has 4 nitrogen and oxygen atoms in total. The Morgan fingerprint density at radius 3 is 2.32 bits per heavy atom. The lowest BCUT2D eigenvalue weighted by atomic mass is 10.1. The van der Waals surface area contributed by atoms with E-state index >= 15 is 0 Å². The third kappa shape index (κ3) is 3.19. The molecule has 0 aliphatic heterocycles. The van der Waals surface area contributed by atoms with E-state index in [0.717, 1.165) is 5.56 Å². The van der Waals surface area contributed by atoms with Crippen LogP contribution in [-0.4, -0.2) is 11.7 Å². The number of rotatable bonds is 4. The zero-order valence-corrected chi connectivity index (χ0v) is 10.4. The van der Waals surface area contributed by atoms with Crippen LogP contribution >= 0.6 is 0 Å². The second-order valence-corrected chi connectivity index (χ2v) is 4.09. The Hall–Kier alpha value is -2.62. The van der Waals surface area contributed by atoms with E-state index in [4.69, 9.17) is 10.2 Å². The van der Waals surface area contributed by atoms with Gasteiger partial charge < -0.3 is 10.2 Å². The average Bonchev–Trinajstić information content (AvgIpc) is 2.83. The van der Waals surface area contributed by atoms with Crippen molar-refractivity contribution in [2.45, 2.75) is 6.92 Å². The molecule has 19 heavy (non-hydrogen) atoms. The highest BCUT2D eigenvalue weighted by molar-refractivity contribution is 6.05. The SMILES string of the molecule is Cc1ccc(C(=O)/C=C/c2ccc(C(N)=O)cc2)o1. The van der Waals surface area contributed by atoms with Crippen LogP contribution in [0.15, 0.2) is 46.9 Å². The molecular formula is C15H13NO3. The topological polar surface area (TPSA) is 73.3 Å². The lowest BCUT2D eigenvalue weighted by Gasteiger charge is -1.96. The number of allylic oxidation sites excluding steroid dienone is 1. The first-order valence-electron chi connectivity index (χ1n) is 5.75. The van der Waals surface area contributed by atoms with Crippen LogP contribution in [0.2, 0.25) is 0 Å². The lowest BCUT2D eigenvalue weighted by Crippen LogP contribution is -2.10. The van der Waals surface area contributed by atoms with Crippen molar-refractivity contribution in [3.63, 3.8) is 0 Å². The Bertz CT molecular complexity index is 636. The van der Waals surface area contributed by atoms with Gasteiger partial charge >= 0.3 is 0 Å². The quantitative estimate of drug-likeness (QED) is 0.674. The summed E-state index contributed by atoms with van der Waals surface area (Å²) in [5.74, 6) is 0.329. The fourth-order valence-electron chi connectivity index (χ4n) is 1.58. The number of aryl methyl sites for hydroxylation is 1. The minimum Gasteiger partial charge on any atom is -0.458 e. The molecule has 0 bridgehead atoms. The maximum Gasteiger partial charge on any atom is 0.248 e. The van der Waals surface area contributed by atoms with E-state index in [1.807, 2.05) is 0 Å². The van der Waals surface area contributed by atoms with Gasteiger partial charge in [-0.15, -0.1) is 0 Å². The predicted octanol–water partition coefficient (Wildman–Crippen LogP) is 2.58. The van der Waals surface area contributed by atoms with Crippen molar-refractivity contribution in [2.75, 3.05) is 0 Å². The summed E-state index contributed by atoms with van der Waals surface area (Å²) in [6.07, 6.45) is 3.09. The summed E-state index contributed by atoms with van der Waals surface area (Å²) in [5.41, 5.74) is 6.38. The Morgan fingerprint density at radius 2 is 1.79 bits per heavy atom. The highest BCUT2D eigenvalue weighted by Crippen LogP contribution is 2.10. The fourth-order valence-corrected chi connectivity index (χ4v) is 1.58. The first-order valence-corrected chi connectivity index (χ1v) is 5.75. The minimum absolute atomic E-state index is 0.202. The zero-order valence-electron chi connectivity index (χ0n) is 10.4. The second kappa shape index (κ2) is 5.35. The highest BCUT2D eigenvalue weighted by atomic mass is 16.3. The van der Waals surface area contributed by atoms with Crippen molar-refractivity contribution in [3.05, 3.63) is 65.1 Å². The molecule has 96 valence electrons. The summed E-state index contributed by atoms with van der Waals surface area (Å²) >= 11 is 0. The van der Waals surface area contributed by atoms with Gasteiger partial charge in [-0.25, -0.2) is 0 Å². The standard InChI is InChI=1S/C15H13NO3/c1-10-2-9-14(19-10)13(17)8-5-11-3-6-12(7-4-11)15(16)18/h2-9H,1H3,(H2,16,18)/b8-5+. The molecule has 1 heterocycles. The number of primary amides is 1. The van der Waals surface area contributed by atoms with E-state index in [0.29, 0.717) is 17.1 Å². The number of ketones is 1. The van der Waals surface area contributed by atoms with E-state index < -0.39 is 5.91 Å². The molecule has 0 atom stereocenters. The zero-order chi connectivity index (χ0) is 13.8. The number of carbonyl (C=O) groups excluding carboxylic acids is 2. The van der Waals surface area contributed by atoms with Gasteiger partial charge in [0.25, 0.3) is 0 Å². The summed E-state index contributed by atoms with van der Waals surface area (Å²) in [6.45, 7) is 1.78. The predicted molar refractivity (Wildman–Crippen MR) is 71.8 cm³/mol. The van der Waals surface area contributed by atoms with Crippen LogP contribution in [0.1, 0.15) is 32.2 Å². The van der Waals surface area contributed by atoms with Crippen LogP contribution in [0.3, 0.4) is 0 Å². The number of benzene rings is 1. The van der Waals surface area contributed by atoms with Crippen molar-refractivity contribution < 1.29 is 14.0 Å². The molecule has 2 N–H and O–H groups in total. The molecule has 0 saturated heterocycles. The van der Waals surface area contributed by atoms with E-state index in [1.54, 1.807) is 49.4 Å². The second-order valence-electron chi connectivity index (χ2n) is 4.09. The van der Waals surface area contributed by atoms with Gasteiger partial charge in [-0.3, -0.25) is 9.59 Å². The van der Waals surface area contributed by atoms with Gasteiger partial charge in [-0.2, -0.15) is 0 Å². The van der Waals surface area contributed by atoms with Crippen LogP contribution in [0.5, 0.6) is 0 Å². The largest absolute Gasteiger partial charge is 0.458 e. The molecule has 1 aromatic carbocycles. The number of carbonyl (C=O) groups is 2. The smallest absolute Gasteiger partial charge is 0.248 e. The molecule has 0 radical (unpaired) electrons.